The number of amides is 3. The van der Waals surface area contributed by atoms with Gasteiger partial charge < -0.3 is 5.32 Å². The summed E-state index contributed by atoms with van der Waals surface area (Å²) >= 11 is 1.23. The Morgan fingerprint density at radius 2 is 1.68 bits per heavy atom. The molecule has 19 heavy (non-hydrogen) atoms. The Morgan fingerprint density at radius 3 is 2.16 bits per heavy atom. The van der Waals surface area contributed by atoms with Gasteiger partial charge in [0.1, 0.15) is 0 Å². The molecule has 0 bridgehead atoms. The second-order valence-corrected chi connectivity index (χ2v) is 5.44. The highest BCUT2D eigenvalue weighted by molar-refractivity contribution is 8.00. The van der Waals surface area contributed by atoms with Gasteiger partial charge in [0.05, 0.1) is 5.25 Å². The summed E-state index contributed by atoms with van der Waals surface area (Å²) in [6, 6.07) is -0.519. The van der Waals surface area contributed by atoms with Crippen LogP contribution in [0.1, 0.15) is 23.9 Å². The van der Waals surface area contributed by atoms with Crippen LogP contribution in [0.3, 0.4) is 0 Å². The lowest BCUT2D eigenvalue weighted by Gasteiger charge is -2.11. The largest absolute Gasteiger partial charge is 0.341 e. The fraction of sp³-hybridized carbons (Fsp3) is 0.500. The third-order valence-electron chi connectivity index (χ3n) is 2.73. The second-order valence-electron chi connectivity index (χ2n) is 4.13. The number of urea groups is 1. The number of carbonyl (C=O) groups excluding carboxylic acids is 2. The zero-order chi connectivity index (χ0) is 14.6. The predicted molar refractivity (Wildman–Crippen MR) is 74.2 cm³/mol. The monoisotopic (exact) mass is 282 g/mol. The Morgan fingerprint density at radius 1 is 1.16 bits per heavy atom. The molecule has 0 saturated carbocycles. The topological polar surface area (TPSA) is 84.0 Å². The van der Waals surface area contributed by atoms with Crippen LogP contribution in [0, 0.1) is 20.8 Å². The van der Waals surface area contributed by atoms with Crippen molar-refractivity contribution in [3.63, 3.8) is 0 Å². The number of imide groups is 1. The first kappa shape index (κ1) is 15.4. The highest BCUT2D eigenvalue weighted by atomic mass is 32.2. The van der Waals surface area contributed by atoms with Crippen LogP contribution in [0.2, 0.25) is 0 Å². The number of nitrogens with one attached hydrogen (secondary N) is 2. The van der Waals surface area contributed by atoms with Gasteiger partial charge >= 0.3 is 6.03 Å². The molecule has 0 aliphatic rings. The Labute approximate surface area is 116 Å². The quantitative estimate of drug-likeness (QED) is 0.645. The van der Waals surface area contributed by atoms with Crippen molar-refractivity contribution in [2.75, 3.05) is 7.05 Å². The Kier molecular flexibility index (Phi) is 5.29. The van der Waals surface area contributed by atoms with Crippen molar-refractivity contribution in [2.24, 2.45) is 0 Å². The van der Waals surface area contributed by atoms with Crippen LogP contribution in [-0.4, -0.2) is 34.2 Å². The van der Waals surface area contributed by atoms with E-state index < -0.39 is 11.3 Å². The number of rotatable bonds is 3. The van der Waals surface area contributed by atoms with Gasteiger partial charge in [0, 0.05) is 18.4 Å². The molecule has 0 fully saturated rings. The summed E-state index contributed by atoms with van der Waals surface area (Å²) < 4.78 is 0. The third-order valence-corrected chi connectivity index (χ3v) is 3.69. The summed E-state index contributed by atoms with van der Waals surface area (Å²) in [7, 11) is 1.45. The minimum atomic E-state index is -0.519. The SMILES string of the molecule is CNC(=O)NC(=O)[C@@H](C)Sc1nc(C)c(C)c(C)n1. The van der Waals surface area contributed by atoms with Crippen LogP contribution in [0.5, 0.6) is 0 Å². The minimum absolute atomic E-state index is 0.371. The molecule has 1 aromatic heterocycles. The molecule has 104 valence electrons. The van der Waals surface area contributed by atoms with E-state index in [1.54, 1.807) is 6.92 Å². The number of hydrogen-bond acceptors (Lipinski definition) is 5. The van der Waals surface area contributed by atoms with E-state index in [9.17, 15) is 9.59 Å². The first-order valence-corrected chi connectivity index (χ1v) is 6.74. The number of hydrogen-bond donors (Lipinski definition) is 2. The lowest BCUT2D eigenvalue weighted by atomic mass is 10.2. The predicted octanol–water partition coefficient (Wildman–Crippen LogP) is 1.34. The molecule has 0 unspecified atom stereocenters. The standard InChI is InChI=1S/C12H18N4O2S/c1-6-7(2)14-12(15-8(6)3)19-9(4)10(17)16-11(18)13-5/h9H,1-5H3,(H2,13,16,17,18)/t9-/m1/s1. The molecule has 0 saturated heterocycles. The van der Waals surface area contributed by atoms with Gasteiger partial charge in [-0.3, -0.25) is 10.1 Å². The summed E-state index contributed by atoms with van der Waals surface area (Å²) in [6.45, 7) is 7.48. The molecule has 0 aliphatic carbocycles. The summed E-state index contributed by atoms with van der Waals surface area (Å²) in [5, 5.41) is 4.65. The van der Waals surface area contributed by atoms with Crippen molar-refractivity contribution in [1.82, 2.24) is 20.6 Å². The van der Waals surface area contributed by atoms with E-state index in [0.29, 0.717) is 5.16 Å². The molecule has 0 spiro atoms. The zero-order valence-corrected chi connectivity index (χ0v) is 12.5. The minimum Gasteiger partial charge on any atom is -0.341 e. The van der Waals surface area contributed by atoms with Crippen molar-refractivity contribution in [3.05, 3.63) is 17.0 Å². The first-order valence-electron chi connectivity index (χ1n) is 5.86. The van der Waals surface area contributed by atoms with Crippen molar-refractivity contribution < 1.29 is 9.59 Å². The molecular weight excluding hydrogens is 264 g/mol. The maximum Gasteiger partial charge on any atom is 0.321 e. The Balaban J connectivity index is 2.74. The van der Waals surface area contributed by atoms with E-state index in [4.69, 9.17) is 0 Å². The second kappa shape index (κ2) is 6.51. The average molecular weight is 282 g/mol. The number of thioether (sulfide) groups is 1. The highest BCUT2D eigenvalue weighted by Crippen LogP contribution is 2.21. The molecule has 1 rings (SSSR count). The zero-order valence-electron chi connectivity index (χ0n) is 11.7. The Hall–Kier alpha value is -1.63. The average Bonchev–Trinajstić information content (AvgIpc) is 2.35. The van der Waals surface area contributed by atoms with Crippen LogP contribution in [0.15, 0.2) is 5.16 Å². The maximum atomic E-state index is 11.7. The van der Waals surface area contributed by atoms with Crippen LogP contribution in [0.4, 0.5) is 4.79 Å². The van der Waals surface area contributed by atoms with Crippen LogP contribution in [0.25, 0.3) is 0 Å². The van der Waals surface area contributed by atoms with Crippen molar-refractivity contribution >= 4 is 23.7 Å². The molecule has 1 atom stereocenters. The molecular formula is C12H18N4O2S. The van der Waals surface area contributed by atoms with Gasteiger partial charge in [-0.1, -0.05) is 11.8 Å². The summed E-state index contributed by atoms with van der Waals surface area (Å²) in [6.07, 6.45) is 0. The molecule has 1 aromatic rings. The van der Waals surface area contributed by atoms with Crippen LogP contribution in [-0.2, 0) is 4.79 Å². The van der Waals surface area contributed by atoms with Crippen molar-refractivity contribution in [3.8, 4) is 0 Å². The van der Waals surface area contributed by atoms with Gasteiger partial charge in [0.2, 0.25) is 5.91 Å². The molecule has 0 aliphatic heterocycles. The van der Waals surface area contributed by atoms with E-state index in [2.05, 4.69) is 20.6 Å². The fourth-order valence-corrected chi connectivity index (χ4v) is 2.14. The molecule has 1 heterocycles. The molecule has 0 aromatic carbocycles. The summed E-state index contributed by atoms with van der Waals surface area (Å²) in [4.78, 5) is 31.4. The van der Waals surface area contributed by atoms with E-state index in [-0.39, 0.29) is 5.91 Å². The lowest BCUT2D eigenvalue weighted by Crippen LogP contribution is -2.41. The first-order chi connectivity index (χ1) is 8.85. The van der Waals surface area contributed by atoms with Crippen molar-refractivity contribution in [2.45, 2.75) is 38.1 Å². The maximum absolute atomic E-state index is 11.7. The molecule has 0 radical (unpaired) electrons. The normalized spacial score (nSPS) is 11.8. The molecule has 7 heteroatoms. The van der Waals surface area contributed by atoms with Crippen LogP contribution < -0.4 is 10.6 Å². The number of nitrogens with zero attached hydrogens (tertiary/aromatic N) is 2. The van der Waals surface area contributed by atoms with E-state index in [1.165, 1.54) is 18.8 Å². The van der Waals surface area contributed by atoms with Gasteiger partial charge in [0.15, 0.2) is 5.16 Å². The van der Waals surface area contributed by atoms with Gasteiger partial charge in [-0.15, -0.1) is 0 Å². The summed E-state index contributed by atoms with van der Waals surface area (Å²) in [5.41, 5.74) is 2.84. The Bertz CT molecular complexity index is 481. The lowest BCUT2D eigenvalue weighted by molar-refractivity contribution is -0.119. The van der Waals surface area contributed by atoms with E-state index in [0.717, 1.165) is 17.0 Å². The van der Waals surface area contributed by atoms with Gasteiger partial charge in [-0.2, -0.15) is 0 Å². The molecule has 6 nitrogen and oxygen atoms in total. The smallest absolute Gasteiger partial charge is 0.321 e. The number of aromatic nitrogens is 2. The molecule has 2 N–H and O–H groups in total. The van der Waals surface area contributed by atoms with E-state index in [1.807, 2.05) is 20.8 Å². The summed E-state index contributed by atoms with van der Waals surface area (Å²) in [5.74, 6) is -0.371. The number of aryl methyl sites for hydroxylation is 2. The van der Waals surface area contributed by atoms with Gasteiger partial charge in [0.25, 0.3) is 0 Å². The third kappa shape index (κ3) is 4.20. The van der Waals surface area contributed by atoms with Gasteiger partial charge in [-0.05, 0) is 33.3 Å². The van der Waals surface area contributed by atoms with Crippen molar-refractivity contribution in [1.29, 1.82) is 0 Å². The molecule has 3 amide bonds. The fourth-order valence-electron chi connectivity index (χ4n) is 1.28. The van der Waals surface area contributed by atoms with Crippen LogP contribution >= 0.6 is 11.8 Å². The van der Waals surface area contributed by atoms with E-state index >= 15 is 0 Å². The number of carbonyl (C=O) groups is 2. The van der Waals surface area contributed by atoms with Gasteiger partial charge in [-0.25, -0.2) is 14.8 Å². The highest BCUT2D eigenvalue weighted by Gasteiger charge is 2.18.